The van der Waals surface area contributed by atoms with Crippen LogP contribution < -0.4 is 5.73 Å². The van der Waals surface area contributed by atoms with Crippen molar-refractivity contribution in [2.24, 2.45) is 11.7 Å². The largest absolute Gasteiger partial charge is 0.379 e. The van der Waals surface area contributed by atoms with E-state index in [0.29, 0.717) is 65.1 Å². The van der Waals surface area contributed by atoms with Gasteiger partial charge in [-0.2, -0.15) is 0 Å². The van der Waals surface area contributed by atoms with Crippen molar-refractivity contribution >= 4 is 5.91 Å². The fourth-order valence-corrected chi connectivity index (χ4v) is 1.99. The molecule has 0 bridgehead atoms. The highest BCUT2D eigenvalue weighted by atomic mass is 16.5. The van der Waals surface area contributed by atoms with Crippen LogP contribution in [0, 0.1) is 5.92 Å². The second-order valence-electron chi connectivity index (χ2n) is 4.57. The Kier molecular flexibility index (Phi) is 8.73. The molecule has 1 unspecified atom stereocenters. The van der Waals surface area contributed by atoms with Gasteiger partial charge in [0.1, 0.15) is 0 Å². The second-order valence-corrected chi connectivity index (χ2v) is 4.57. The number of amides is 1. The molecule has 6 heteroatoms. The van der Waals surface area contributed by atoms with E-state index in [1.807, 2.05) is 11.8 Å². The average Bonchev–Trinajstić information content (AvgIpc) is 2.78. The van der Waals surface area contributed by atoms with Crippen molar-refractivity contribution < 1.29 is 19.0 Å². The second kappa shape index (κ2) is 10.1. The summed E-state index contributed by atoms with van der Waals surface area (Å²) in [5.41, 5.74) is 5.57. The van der Waals surface area contributed by atoms with Gasteiger partial charge in [-0.05, 0) is 19.4 Å². The summed E-state index contributed by atoms with van der Waals surface area (Å²) < 4.78 is 15.9. The molecule has 0 radical (unpaired) electrons. The number of carbonyl (C=O) groups excluding carboxylic acids is 1. The summed E-state index contributed by atoms with van der Waals surface area (Å²) in [6.07, 6.45) is 0.580. The Morgan fingerprint density at radius 2 is 1.79 bits per heavy atom. The molecule has 1 rings (SSSR count). The van der Waals surface area contributed by atoms with Gasteiger partial charge in [-0.3, -0.25) is 4.79 Å². The Bertz CT molecular complexity index is 251. The lowest BCUT2D eigenvalue weighted by molar-refractivity contribution is -0.128. The number of likely N-dealkylation sites (tertiary alicyclic amines) is 1. The van der Waals surface area contributed by atoms with Crippen LogP contribution in [-0.4, -0.2) is 70.1 Å². The fourth-order valence-electron chi connectivity index (χ4n) is 1.99. The molecule has 1 fully saturated rings. The van der Waals surface area contributed by atoms with Gasteiger partial charge in [0.15, 0.2) is 0 Å². The molecular formula is C13H26N2O4. The third-order valence-corrected chi connectivity index (χ3v) is 3.08. The van der Waals surface area contributed by atoms with E-state index < -0.39 is 0 Å². The predicted molar refractivity (Wildman–Crippen MR) is 71.9 cm³/mol. The van der Waals surface area contributed by atoms with Crippen molar-refractivity contribution in [2.75, 3.05) is 59.3 Å². The SMILES string of the molecule is CCOCCOCCOCCN1CC(CN)CC1=O. The van der Waals surface area contributed by atoms with Gasteiger partial charge >= 0.3 is 0 Å². The smallest absolute Gasteiger partial charge is 0.223 e. The molecule has 1 aliphatic heterocycles. The quantitative estimate of drug-likeness (QED) is 0.531. The van der Waals surface area contributed by atoms with Gasteiger partial charge in [-0.1, -0.05) is 0 Å². The van der Waals surface area contributed by atoms with E-state index in [9.17, 15) is 4.79 Å². The third kappa shape index (κ3) is 6.87. The van der Waals surface area contributed by atoms with Crippen LogP contribution in [0.1, 0.15) is 13.3 Å². The molecule has 2 N–H and O–H groups in total. The highest BCUT2D eigenvalue weighted by Crippen LogP contribution is 2.15. The maximum Gasteiger partial charge on any atom is 0.223 e. The number of rotatable bonds is 11. The first-order chi connectivity index (χ1) is 9.27. The first kappa shape index (κ1) is 16.4. The van der Waals surface area contributed by atoms with Crippen LogP contribution in [0.4, 0.5) is 0 Å². The van der Waals surface area contributed by atoms with Crippen LogP contribution in [-0.2, 0) is 19.0 Å². The lowest BCUT2D eigenvalue weighted by atomic mass is 10.1. The zero-order chi connectivity index (χ0) is 13.9. The minimum Gasteiger partial charge on any atom is -0.379 e. The summed E-state index contributed by atoms with van der Waals surface area (Å²) in [5.74, 6) is 0.501. The first-order valence-corrected chi connectivity index (χ1v) is 6.99. The fraction of sp³-hybridized carbons (Fsp3) is 0.923. The summed E-state index contributed by atoms with van der Waals surface area (Å²) >= 11 is 0. The van der Waals surface area contributed by atoms with E-state index in [0.717, 1.165) is 6.54 Å². The molecule has 1 heterocycles. The third-order valence-electron chi connectivity index (χ3n) is 3.08. The highest BCUT2D eigenvalue weighted by Gasteiger charge is 2.27. The van der Waals surface area contributed by atoms with Crippen LogP contribution in [0.3, 0.4) is 0 Å². The molecule has 0 aromatic rings. The lowest BCUT2D eigenvalue weighted by Gasteiger charge is -2.16. The van der Waals surface area contributed by atoms with Gasteiger partial charge in [0.25, 0.3) is 0 Å². The highest BCUT2D eigenvalue weighted by molar-refractivity contribution is 5.78. The summed E-state index contributed by atoms with van der Waals surface area (Å²) in [5, 5.41) is 0. The molecule has 0 spiro atoms. The molecule has 112 valence electrons. The Labute approximate surface area is 115 Å². The van der Waals surface area contributed by atoms with E-state index in [-0.39, 0.29) is 5.91 Å². The molecule has 0 saturated carbocycles. The topological polar surface area (TPSA) is 74.0 Å². The van der Waals surface area contributed by atoms with Gasteiger partial charge in [0, 0.05) is 26.1 Å². The molecule has 0 aromatic carbocycles. The van der Waals surface area contributed by atoms with E-state index in [1.54, 1.807) is 0 Å². The Hall–Kier alpha value is -0.690. The minimum atomic E-state index is 0.187. The summed E-state index contributed by atoms with van der Waals surface area (Å²) in [4.78, 5) is 13.4. The van der Waals surface area contributed by atoms with Gasteiger partial charge in [-0.25, -0.2) is 0 Å². The molecule has 6 nitrogen and oxygen atoms in total. The lowest BCUT2D eigenvalue weighted by Crippen LogP contribution is -2.30. The number of nitrogens with two attached hydrogens (primary N) is 1. The van der Waals surface area contributed by atoms with E-state index in [4.69, 9.17) is 19.9 Å². The molecule has 19 heavy (non-hydrogen) atoms. The molecule has 1 aliphatic rings. The average molecular weight is 274 g/mol. The van der Waals surface area contributed by atoms with Crippen molar-refractivity contribution in [3.8, 4) is 0 Å². The zero-order valence-corrected chi connectivity index (χ0v) is 11.8. The van der Waals surface area contributed by atoms with Gasteiger partial charge in [0.05, 0.1) is 33.0 Å². The van der Waals surface area contributed by atoms with Crippen LogP contribution in [0.2, 0.25) is 0 Å². The number of hydrogen-bond acceptors (Lipinski definition) is 5. The summed E-state index contributed by atoms with van der Waals surface area (Å²) in [6, 6.07) is 0. The van der Waals surface area contributed by atoms with Crippen molar-refractivity contribution in [1.29, 1.82) is 0 Å². The van der Waals surface area contributed by atoms with Crippen LogP contribution in [0.15, 0.2) is 0 Å². The zero-order valence-electron chi connectivity index (χ0n) is 11.8. The van der Waals surface area contributed by atoms with Crippen LogP contribution in [0.5, 0.6) is 0 Å². The van der Waals surface area contributed by atoms with Crippen molar-refractivity contribution in [3.63, 3.8) is 0 Å². The monoisotopic (exact) mass is 274 g/mol. The first-order valence-electron chi connectivity index (χ1n) is 6.99. The van der Waals surface area contributed by atoms with E-state index in [2.05, 4.69) is 0 Å². The normalized spacial score (nSPS) is 19.4. The Morgan fingerprint density at radius 3 is 2.37 bits per heavy atom. The molecule has 0 aliphatic carbocycles. The maximum atomic E-state index is 11.6. The number of ether oxygens (including phenoxy) is 3. The Morgan fingerprint density at radius 1 is 1.16 bits per heavy atom. The number of hydrogen-bond donors (Lipinski definition) is 1. The predicted octanol–water partition coefficient (Wildman–Crippen LogP) is -0.137. The minimum absolute atomic E-state index is 0.187. The molecule has 1 saturated heterocycles. The van der Waals surface area contributed by atoms with Crippen molar-refractivity contribution in [1.82, 2.24) is 4.90 Å². The molecule has 0 aromatic heterocycles. The van der Waals surface area contributed by atoms with Gasteiger partial charge < -0.3 is 24.8 Å². The van der Waals surface area contributed by atoms with Gasteiger partial charge in [-0.15, -0.1) is 0 Å². The van der Waals surface area contributed by atoms with E-state index >= 15 is 0 Å². The van der Waals surface area contributed by atoms with Crippen LogP contribution >= 0.6 is 0 Å². The summed E-state index contributed by atoms with van der Waals surface area (Å²) in [6.45, 7) is 7.55. The van der Waals surface area contributed by atoms with Crippen LogP contribution in [0.25, 0.3) is 0 Å². The summed E-state index contributed by atoms with van der Waals surface area (Å²) in [7, 11) is 0. The van der Waals surface area contributed by atoms with E-state index in [1.165, 1.54) is 0 Å². The number of nitrogens with zero attached hydrogens (tertiary/aromatic N) is 1. The molecular weight excluding hydrogens is 248 g/mol. The molecule has 1 amide bonds. The van der Waals surface area contributed by atoms with Gasteiger partial charge in [0.2, 0.25) is 5.91 Å². The number of carbonyl (C=O) groups is 1. The van der Waals surface area contributed by atoms with Crippen molar-refractivity contribution in [2.45, 2.75) is 13.3 Å². The molecule has 1 atom stereocenters. The standard InChI is InChI=1S/C13H26N2O4/c1-2-17-5-6-19-8-7-18-4-3-15-11-12(10-14)9-13(15)16/h12H,2-11,14H2,1H3. The Balaban J connectivity index is 1.90. The maximum absolute atomic E-state index is 11.6. The van der Waals surface area contributed by atoms with Crippen molar-refractivity contribution in [3.05, 3.63) is 0 Å².